The third-order valence-corrected chi connectivity index (χ3v) is 3.27. The lowest BCUT2D eigenvalue weighted by Crippen LogP contribution is -2.18. The highest BCUT2D eigenvalue weighted by molar-refractivity contribution is 5.91. The van der Waals surface area contributed by atoms with E-state index in [2.05, 4.69) is 10.6 Å². The van der Waals surface area contributed by atoms with Gasteiger partial charge in [0.05, 0.1) is 14.2 Å². The third kappa shape index (κ3) is 3.86. The maximum Gasteiger partial charge on any atom is 0.224 e. The van der Waals surface area contributed by atoms with Gasteiger partial charge < -0.3 is 20.1 Å². The van der Waals surface area contributed by atoms with Crippen LogP contribution in [0.3, 0.4) is 0 Å². The number of hydrogen-bond donors (Lipinski definition) is 2. The van der Waals surface area contributed by atoms with E-state index in [0.29, 0.717) is 29.5 Å². The highest BCUT2D eigenvalue weighted by atomic mass is 16.5. The molecule has 2 N–H and O–H groups in total. The molecule has 2 rings (SSSR count). The molecule has 0 radical (unpaired) electrons. The van der Waals surface area contributed by atoms with Gasteiger partial charge in [-0.3, -0.25) is 4.79 Å². The molecule has 1 aliphatic heterocycles. The van der Waals surface area contributed by atoms with Gasteiger partial charge in [-0.05, 0) is 25.4 Å². The summed E-state index contributed by atoms with van der Waals surface area (Å²) in [6, 6.07) is 5.34. The van der Waals surface area contributed by atoms with E-state index in [0.717, 1.165) is 19.5 Å². The van der Waals surface area contributed by atoms with Gasteiger partial charge in [-0.1, -0.05) is 0 Å². The minimum Gasteiger partial charge on any atom is -0.497 e. The number of nitrogens with one attached hydrogen (secondary N) is 2. The van der Waals surface area contributed by atoms with Crippen molar-refractivity contribution in [3.8, 4) is 11.5 Å². The van der Waals surface area contributed by atoms with Crippen molar-refractivity contribution in [1.82, 2.24) is 5.32 Å². The first kappa shape index (κ1) is 13.7. The van der Waals surface area contributed by atoms with Gasteiger partial charge in [0, 0.05) is 30.3 Å². The monoisotopic (exact) mass is 264 g/mol. The average molecular weight is 264 g/mol. The number of methoxy groups -OCH3 is 2. The molecule has 104 valence electrons. The fraction of sp³-hybridized carbons (Fsp3) is 0.500. The number of carbonyl (C=O) groups excluding carboxylic acids is 1. The molecule has 1 aliphatic rings. The molecule has 19 heavy (non-hydrogen) atoms. The Labute approximate surface area is 113 Å². The van der Waals surface area contributed by atoms with Crippen LogP contribution in [0, 0.1) is 5.92 Å². The Morgan fingerprint density at radius 1 is 1.32 bits per heavy atom. The zero-order chi connectivity index (χ0) is 13.7. The Morgan fingerprint density at radius 2 is 2.00 bits per heavy atom. The zero-order valence-electron chi connectivity index (χ0n) is 11.4. The molecule has 0 spiro atoms. The number of anilines is 1. The van der Waals surface area contributed by atoms with Crippen molar-refractivity contribution >= 4 is 11.6 Å². The Kier molecular flexibility index (Phi) is 4.63. The van der Waals surface area contributed by atoms with Gasteiger partial charge in [0.15, 0.2) is 0 Å². The van der Waals surface area contributed by atoms with Crippen LogP contribution in [0.4, 0.5) is 5.69 Å². The van der Waals surface area contributed by atoms with E-state index < -0.39 is 0 Å². The van der Waals surface area contributed by atoms with Crippen LogP contribution in [0.5, 0.6) is 11.5 Å². The smallest absolute Gasteiger partial charge is 0.224 e. The van der Waals surface area contributed by atoms with Crippen molar-refractivity contribution in [1.29, 1.82) is 0 Å². The second-order valence-corrected chi connectivity index (χ2v) is 4.71. The van der Waals surface area contributed by atoms with Crippen molar-refractivity contribution in [2.75, 3.05) is 32.6 Å². The van der Waals surface area contributed by atoms with Gasteiger partial charge in [-0.15, -0.1) is 0 Å². The summed E-state index contributed by atoms with van der Waals surface area (Å²) in [5, 5.41) is 6.15. The van der Waals surface area contributed by atoms with Gasteiger partial charge >= 0.3 is 0 Å². The van der Waals surface area contributed by atoms with Crippen LogP contribution in [0.25, 0.3) is 0 Å². The second-order valence-electron chi connectivity index (χ2n) is 4.71. The summed E-state index contributed by atoms with van der Waals surface area (Å²) in [7, 11) is 3.18. The van der Waals surface area contributed by atoms with Crippen molar-refractivity contribution in [3.05, 3.63) is 18.2 Å². The summed E-state index contributed by atoms with van der Waals surface area (Å²) in [5.74, 6) is 1.80. The Morgan fingerprint density at radius 3 is 2.53 bits per heavy atom. The van der Waals surface area contributed by atoms with E-state index >= 15 is 0 Å². The number of hydrogen-bond acceptors (Lipinski definition) is 4. The first-order valence-corrected chi connectivity index (χ1v) is 6.45. The molecule has 1 aromatic carbocycles. The topological polar surface area (TPSA) is 59.6 Å². The second kappa shape index (κ2) is 6.43. The Hall–Kier alpha value is -1.75. The predicted molar refractivity (Wildman–Crippen MR) is 73.8 cm³/mol. The van der Waals surface area contributed by atoms with Crippen molar-refractivity contribution in [2.45, 2.75) is 12.8 Å². The standard InChI is InChI=1S/C14H20N2O3/c1-18-12-6-11(7-13(8-12)19-2)16-14(17)5-10-3-4-15-9-10/h6-8,10,15H,3-5,9H2,1-2H3,(H,16,17). The van der Waals surface area contributed by atoms with E-state index in [1.54, 1.807) is 32.4 Å². The maximum atomic E-state index is 11.9. The van der Waals surface area contributed by atoms with Crippen LogP contribution < -0.4 is 20.1 Å². The molecule has 1 aromatic rings. The summed E-state index contributed by atoms with van der Waals surface area (Å²) >= 11 is 0. The fourth-order valence-corrected chi connectivity index (χ4v) is 2.24. The molecule has 1 unspecified atom stereocenters. The van der Waals surface area contributed by atoms with Crippen LogP contribution in [-0.4, -0.2) is 33.2 Å². The van der Waals surface area contributed by atoms with E-state index in [-0.39, 0.29) is 5.91 Å². The molecule has 1 saturated heterocycles. The van der Waals surface area contributed by atoms with Crippen LogP contribution >= 0.6 is 0 Å². The van der Waals surface area contributed by atoms with Gasteiger partial charge in [0.1, 0.15) is 11.5 Å². The zero-order valence-corrected chi connectivity index (χ0v) is 11.4. The number of rotatable bonds is 5. The molecular weight excluding hydrogens is 244 g/mol. The molecule has 0 aliphatic carbocycles. The molecule has 0 saturated carbocycles. The SMILES string of the molecule is COc1cc(NC(=O)CC2CCNC2)cc(OC)c1. The molecule has 0 bridgehead atoms. The van der Waals surface area contributed by atoms with Gasteiger partial charge in [-0.2, -0.15) is 0 Å². The summed E-state index contributed by atoms with van der Waals surface area (Å²) in [6.45, 7) is 1.93. The maximum absolute atomic E-state index is 11.9. The first-order chi connectivity index (χ1) is 9.21. The molecule has 1 atom stereocenters. The minimum atomic E-state index is 0.0315. The fourth-order valence-electron chi connectivity index (χ4n) is 2.24. The summed E-state index contributed by atoms with van der Waals surface area (Å²) in [5.41, 5.74) is 0.701. The van der Waals surface area contributed by atoms with E-state index in [1.165, 1.54) is 0 Å². The third-order valence-electron chi connectivity index (χ3n) is 3.27. The summed E-state index contributed by atoms with van der Waals surface area (Å²) in [4.78, 5) is 11.9. The molecular formula is C14H20N2O3. The largest absolute Gasteiger partial charge is 0.497 e. The van der Waals surface area contributed by atoms with Crippen molar-refractivity contribution < 1.29 is 14.3 Å². The number of ether oxygens (including phenoxy) is 2. The Bertz CT molecular complexity index is 420. The highest BCUT2D eigenvalue weighted by Gasteiger charge is 2.18. The van der Waals surface area contributed by atoms with E-state index in [4.69, 9.17) is 9.47 Å². The highest BCUT2D eigenvalue weighted by Crippen LogP contribution is 2.26. The van der Waals surface area contributed by atoms with Gasteiger partial charge in [0.2, 0.25) is 5.91 Å². The lowest BCUT2D eigenvalue weighted by Gasteiger charge is -2.11. The normalized spacial score (nSPS) is 18.1. The predicted octanol–water partition coefficient (Wildman–Crippen LogP) is 1.64. The molecule has 5 nitrogen and oxygen atoms in total. The number of benzene rings is 1. The number of carbonyl (C=O) groups is 1. The Balaban J connectivity index is 1.98. The molecule has 1 amide bonds. The van der Waals surface area contributed by atoms with E-state index in [9.17, 15) is 4.79 Å². The number of amides is 1. The van der Waals surface area contributed by atoms with Gasteiger partial charge in [0.25, 0.3) is 0 Å². The van der Waals surface area contributed by atoms with Crippen LogP contribution in [0.1, 0.15) is 12.8 Å². The van der Waals surface area contributed by atoms with Gasteiger partial charge in [-0.25, -0.2) is 0 Å². The molecule has 1 fully saturated rings. The lowest BCUT2D eigenvalue weighted by molar-refractivity contribution is -0.116. The minimum absolute atomic E-state index is 0.0315. The lowest BCUT2D eigenvalue weighted by atomic mass is 10.0. The van der Waals surface area contributed by atoms with Crippen LogP contribution in [0.15, 0.2) is 18.2 Å². The van der Waals surface area contributed by atoms with Crippen molar-refractivity contribution in [2.24, 2.45) is 5.92 Å². The average Bonchev–Trinajstić information content (AvgIpc) is 2.90. The van der Waals surface area contributed by atoms with Crippen LogP contribution in [0.2, 0.25) is 0 Å². The van der Waals surface area contributed by atoms with Crippen molar-refractivity contribution in [3.63, 3.8) is 0 Å². The first-order valence-electron chi connectivity index (χ1n) is 6.45. The summed E-state index contributed by atoms with van der Waals surface area (Å²) in [6.07, 6.45) is 1.61. The summed E-state index contributed by atoms with van der Waals surface area (Å²) < 4.78 is 10.3. The quantitative estimate of drug-likeness (QED) is 0.849. The molecule has 1 heterocycles. The van der Waals surface area contributed by atoms with Crippen LogP contribution in [-0.2, 0) is 4.79 Å². The molecule has 5 heteroatoms. The molecule has 0 aromatic heterocycles. The van der Waals surface area contributed by atoms with E-state index in [1.807, 2.05) is 0 Å².